The highest BCUT2D eigenvalue weighted by Gasteiger charge is 2.26. The van der Waals surface area contributed by atoms with Crippen LogP contribution in [0, 0.1) is 5.82 Å². The molecule has 0 spiro atoms. The van der Waals surface area contributed by atoms with Crippen molar-refractivity contribution in [2.24, 2.45) is 5.73 Å². The first kappa shape index (κ1) is 21.8. The molecule has 0 heterocycles. The summed E-state index contributed by atoms with van der Waals surface area (Å²) >= 11 is 0. The minimum Gasteiger partial charge on any atom is -0.445 e. The van der Waals surface area contributed by atoms with Gasteiger partial charge in [0.25, 0.3) is 0 Å². The quantitative estimate of drug-likeness (QED) is 0.488. The third kappa shape index (κ3) is 7.23. The Bertz CT molecular complexity index is 847. The molecule has 0 aliphatic carbocycles. The summed E-state index contributed by atoms with van der Waals surface area (Å²) in [6.07, 6.45) is -0.959. The SMILES string of the molecule is NC(=O)[C@H](Cc1cccc(F)c1)NC(=O)[C@H](CO)NC(=O)OCc1ccccc1. The van der Waals surface area contributed by atoms with Crippen LogP contribution in [0.4, 0.5) is 9.18 Å². The molecule has 0 aliphatic rings. The normalized spacial score (nSPS) is 12.5. The van der Waals surface area contributed by atoms with Gasteiger partial charge in [-0.3, -0.25) is 9.59 Å². The summed E-state index contributed by atoms with van der Waals surface area (Å²) < 4.78 is 18.3. The van der Waals surface area contributed by atoms with Crippen LogP contribution in [0.3, 0.4) is 0 Å². The average molecular weight is 403 g/mol. The van der Waals surface area contributed by atoms with E-state index >= 15 is 0 Å². The number of alkyl carbamates (subject to hydrolysis) is 1. The molecular weight excluding hydrogens is 381 g/mol. The van der Waals surface area contributed by atoms with Crippen LogP contribution < -0.4 is 16.4 Å². The zero-order valence-electron chi connectivity index (χ0n) is 15.5. The number of nitrogens with two attached hydrogens (primary N) is 1. The highest BCUT2D eigenvalue weighted by atomic mass is 19.1. The molecule has 0 fully saturated rings. The molecular formula is C20H22FN3O5. The summed E-state index contributed by atoms with van der Waals surface area (Å²) in [5, 5.41) is 14.0. The molecule has 0 bridgehead atoms. The number of carbonyl (C=O) groups is 3. The number of aliphatic hydroxyl groups is 1. The van der Waals surface area contributed by atoms with Crippen molar-refractivity contribution in [1.29, 1.82) is 0 Å². The number of aliphatic hydroxyl groups excluding tert-OH is 1. The number of hydrogen-bond donors (Lipinski definition) is 4. The van der Waals surface area contributed by atoms with Crippen LogP contribution >= 0.6 is 0 Å². The van der Waals surface area contributed by atoms with E-state index in [0.717, 1.165) is 5.56 Å². The van der Waals surface area contributed by atoms with E-state index in [0.29, 0.717) is 5.56 Å². The number of rotatable bonds is 9. The van der Waals surface area contributed by atoms with Gasteiger partial charge in [0.15, 0.2) is 0 Å². The Labute approximate surface area is 166 Å². The second kappa shape index (κ2) is 10.8. The lowest BCUT2D eigenvalue weighted by Gasteiger charge is -2.20. The predicted octanol–water partition coefficient (Wildman–Crippen LogP) is 0.626. The number of ether oxygens (including phenoxy) is 1. The molecule has 2 aromatic rings. The lowest BCUT2D eigenvalue weighted by molar-refractivity contribution is -0.129. The van der Waals surface area contributed by atoms with Crippen LogP contribution in [-0.4, -0.2) is 41.7 Å². The Balaban J connectivity index is 1.92. The van der Waals surface area contributed by atoms with Gasteiger partial charge >= 0.3 is 6.09 Å². The van der Waals surface area contributed by atoms with Crippen molar-refractivity contribution in [3.63, 3.8) is 0 Å². The molecule has 0 unspecified atom stereocenters. The molecule has 5 N–H and O–H groups in total. The lowest BCUT2D eigenvalue weighted by Crippen LogP contribution is -2.54. The average Bonchev–Trinajstić information content (AvgIpc) is 2.70. The molecule has 0 saturated carbocycles. The highest BCUT2D eigenvalue weighted by Crippen LogP contribution is 2.07. The van der Waals surface area contributed by atoms with Gasteiger partial charge in [0.05, 0.1) is 6.61 Å². The number of hydrogen-bond acceptors (Lipinski definition) is 5. The number of halogens is 1. The first-order valence-electron chi connectivity index (χ1n) is 8.81. The molecule has 0 aromatic heterocycles. The van der Waals surface area contributed by atoms with Gasteiger partial charge in [-0.25, -0.2) is 9.18 Å². The van der Waals surface area contributed by atoms with Crippen molar-refractivity contribution >= 4 is 17.9 Å². The molecule has 3 amide bonds. The number of amides is 3. The molecule has 29 heavy (non-hydrogen) atoms. The number of carbonyl (C=O) groups excluding carboxylic acids is 3. The molecule has 154 valence electrons. The molecule has 2 rings (SSSR count). The van der Waals surface area contributed by atoms with Crippen molar-refractivity contribution < 1.29 is 28.6 Å². The van der Waals surface area contributed by atoms with Gasteiger partial charge in [0.1, 0.15) is 24.5 Å². The maximum atomic E-state index is 13.3. The summed E-state index contributed by atoms with van der Waals surface area (Å²) in [5.74, 6) is -2.16. The van der Waals surface area contributed by atoms with Crippen LogP contribution in [0.2, 0.25) is 0 Å². The highest BCUT2D eigenvalue weighted by molar-refractivity contribution is 5.90. The first-order valence-corrected chi connectivity index (χ1v) is 8.81. The van der Waals surface area contributed by atoms with Crippen LogP contribution in [0.5, 0.6) is 0 Å². The van der Waals surface area contributed by atoms with E-state index in [9.17, 15) is 23.9 Å². The van der Waals surface area contributed by atoms with Gasteiger partial charge in [-0.1, -0.05) is 42.5 Å². The minimum atomic E-state index is -1.35. The van der Waals surface area contributed by atoms with Crippen molar-refractivity contribution in [2.45, 2.75) is 25.1 Å². The molecule has 0 radical (unpaired) electrons. The molecule has 0 aliphatic heterocycles. The number of nitrogens with one attached hydrogen (secondary N) is 2. The Morgan fingerprint density at radius 2 is 1.69 bits per heavy atom. The van der Waals surface area contributed by atoms with Gasteiger partial charge in [-0.15, -0.1) is 0 Å². The van der Waals surface area contributed by atoms with Gasteiger partial charge in [0.2, 0.25) is 11.8 Å². The number of benzene rings is 2. The van der Waals surface area contributed by atoms with E-state index in [-0.39, 0.29) is 13.0 Å². The second-order valence-electron chi connectivity index (χ2n) is 6.24. The topological polar surface area (TPSA) is 131 Å². The van der Waals surface area contributed by atoms with E-state index in [1.807, 2.05) is 6.07 Å². The van der Waals surface area contributed by atoms with E-state index in [2.05, 4.69) is 10.6 Å². The Kier molecular flexibility index (Phi) is 8.11. The summed E-state index contributed by atoms with van der Waals surface area (Å²) in [6.45, 7) is -0.742. The molecule has 0 saturated heterocycles. The third-order valence-electron chi connectivity index (χ3n) is 3.99. The van der Waals surface area contributed by atoms with Crippen molar-refractivity contribution in [1.82, 2.24) is 10.6 Å². The van der Waals surface area contributed by atoms with Crippen LogP contribution in [0.1, 0.15) is 11.1 Å². The van der Waals surface area contributed by atoms with Crippen molar-refractivity contribution in [2.75, 3.05) is 6.61 Å². The zero-order chi connectivity index (χ0) is 21.2. The van der Waals surface area contributed by atoms with E-state index in [4.69, 9.17) is 10.5 Å². The van der Waals surface area contributed by atoms with Gasteiger partial charge in [0, 0.05) is 6.42 Å². The standard InChI is InChI=1S/C20H22FN3O5/c21-15-8-4-7-14(9-15)10-16(18(22)26)23-19(27)17(11-25)24-20(28)29-12-13-5-2-1-3-6-13/h1-9,16-17,25H,10-12H2,(H2,22,26)(H,23,27)(H,24,28)/t16-,17-/m0/s1. The van der Waals surface area contributed by atoms with E-state index in [1.165, 1.54) is 18.2 Å². The van der Waals surface area contributed by atoms with Crippen molar-refractivity contribution in [3.8, 4) is 0 Å². The second-order valence-corrected chi connectivity index (χ2v) is 6.24. The van der Waals surface area contributed by atoms with E-state index < -0.39 is 42.4 Å². The molecule has 9 heteroatoms. The predicted molar refractivity (Wildman–Crippen MR) is 102 cm³/mol. The zero-order valence-corrected chi connectivity index (χ0v) is 15.5. The summed E-state index contributed by atoms with van der Waals surface area (Å²) in [7, 11) is 0. The largest absolute Gasteiger partial charge is 0.445 e. The molecule has 2 atom stereocenters. The fourth-order valence-electron chi connectivity index (χ4n) is 2.50. The third-order valence-corrected chi connectivity index (χ3v) is 3.99. The smallest absolute Gasteiger partial charge is 0.408 e. The van der Waals surface area contributed by atoms with Gasteiger partial charge in [-0.05, 0) is 23.3 Å². The van der Waals surface area contributed by atoms with Crippen molar-refractivity contribution in [3.05, 3.63) is 71.5 Å². The van der Waals surface area contributed by atoms with Crippen LogP contribution in [0.15, 0.2) is 54.6 Å². The van der Waals surface area contributed by atoms with Crippen LogP contribution in [0.25, 0.3) is 0 Å². The maximum Gasteiger partial charge on any atom is 0.408 e. The molecule has 8 nitrogen and oxygen atoms in total. The molecule has 2 aromatic carbocycles. The Morgan fingerprint density at radius 1 is 1.00 bits per heavy atom. The number of primary amides is 1. The monoisotopic (exact) mass is 403 g/mol. The van der Waals surface area contributed by atoms with E-state index in [1.54, 1.807) is 30.3 Å². The summed E-state index contributed by atoms with van der Waals surface area (Å²) in [4.78, 5) is 35.9. The van der Waals surface area contributed by atoms with Gasteiger partial charge < -0.3 is 26.2 Å². The summed E-state index contributed by atoms with van der Waals surface area (Å²) in [6, 6.07) is 11.9. The summed E-state index contributed by atoms with van der Waals surface area (Å²) in [5.41, 5.74) is 6.50. The maximum absolute atomic E-state index is 13.3. The fraction of sp³-hybridized carbons (Fsp3) is 0.250. The first-order chi connectivity index (χ1) is 13.9. The lowest BCUT2D eigenvalue weighted by atomic mass is 10.0. The fourth-order valence-corrected chi connectivity index (χ4v) is 2.50. The van der Waals surface area contributed by atoms with Crippen LogP contribution in [-0.2, 0) is 27.4 Å². The van der Waals surface area contributed by atoms with Gasteiger partial charge in [-0.2, -0.15) is 0 Å². The minimum absolute atomic E-state index is 0.0179. The Hall–Kier alpha value is -3.46. The Morgan fingerprint density at radius 3 is 2.31 bits per heavy atom.